The Bertz CT molecular complexity index is 483. The molecule has 2 rings (SSSR count). The summed E-state index contributed by atoms with van der Waals surface area (Å²) in [5, 5.41) is 0.0178. The van der Waals surface area contributed by atoms with Crippen molar-refractivity contribution in [2.45, 2.75) is 4.90 Å². The number of rotatable bonds is 1. The number of ether oxygens (including phenoxy) is 2. The number of benzene rings is 1. The zero-order valence-electron chi connectivity index (χ0n) is 6.66. The maximum Gasteiger partial charge on any atom is 0.266 e. The van der Waals surface area contributed by atoms with Crippen molar-refractivity contribution in [3.63, 3.8) is 0 Å². The Hall–Kier alpha value is -0.650. The van der Waals surface area contributed by atoms with Crippen molar-refractivity contribution in [3.8, 4) is 11.5 Å². The molecule has 0 unspecified atom stereocenters. The van der Waals surface area contributed by atoms with Crippen molar-refractivity contribution in [2.75, 3.05) is 6.79 Å². The van der Waals surface area contributed by atoms with E-state index >= 15 is 0 Å². The summed E-state index contributed by atoms with van der Waals surface area (Å²) in [5.41, 5.74) is 0. The van der Waals surface area contributed by atoms with Crippen molar-refractivity contribution in [1.29, 1.82) is 0 Å². The monoisotopic (exact) mass is 254 g/mol. The lowest BCUT2D eigenvalue weighted by molar-refractivity contribution is 0.172. The Balaban J connectivity index is 2.76. The third-order valence-corrected chi connectivity index (χ3v) is 3.47. The first-order chi connectivity index (χ1) is 6.50. The van der Waals surface area contributed by atoms with Crippen LogP contribution in [0.15, 0.2) is 17.0 Å². The average Bonchev–Trinajstić information content (AvgIpc) is 2.48. The van der Waals surface area contributed by atoms with Crippen LogP contribution < -0.4 is 9.47 Å². The Labute approximate surface area is 89.8 Å². The van der Waals surface area contributed by atoms with Crippen LogP contribution in [-0.2, 0) is 9.05 Å². The maximum atomic E-state index is 11.2. The smallest absolute Gasteiger partial charge is 0.266 e. The summed E-state index contributed by atoms with van der Waals surface area (Å²) in [5.74, 6) is 0.404. The van der Waals surface area contributed by atoms with E-state index in [9.17, 15) is 8.42 Å². The molecule has 7 heteroatoms. The van der Waals surface area contributed by atoms with Gasteiger partial charge in [-0.15, -0.1) is 0 Å². The lowest BCUT2D eigenvalue weighted by atomic mass is 10.3. The minimum Gasteiger partial charge on any atom is -0.454 e. The van der Waals surface area contributed by atoms with Gasteiger partial charge in [0.15, 0.2) is 11.5 Å². The maximum absolute atomic E-state index is 11.2. The van der Waals surface area contributed by atoms with E-state index in [0.717, 1.165) is 0 Å². The van der Waals surface area contributed by atoms with E-state index in [4.69, 9.17) is 31.8 Å². The van der Waals surface area contributed by atoms with E-state index < -0.39 is 9.05 Å². The fraction of sp³-hybridized carbons (Fsp3) is 0.143. The molecule has 14 heavy (non-hydrogen) atoms. The summed E-state index contributed by atoms with van der Waals surface area (Å²) in [6, 6.07) is 2.92. The van der Waals surface area contributed by atoms with Gasteiger partial charge in [0.05, 0.1) is 5.02 Å². The van der Waals surface area contributed by atoms with Crippen molar-refractivity contribution in [3.05, 3.63) is 17.2 Å². The van der Waals surface area contributed by atoms with Crippen molar-refractivity contribution >= 4 is 31.3 Å². The SMILES string of the molecule is O=S(=O)(Cl)c1c(Cl)ccc2c1OCO2. The second kappa shape index (κ2) is 3.18. The third-order valence-electron chi connectivity index (χ3n) is 1.69. The lowest BCUT2D eigenvalue weighted by Crippen LogP contribution is -1.97. The molecule has 1 aliphatic heterocycles. The lowest BCUT2D eigenvalue weighted by Gasteiger charge is -2.03. The van der Waals surface area contributed by atoms with Crippen molar-refractivity contribution in [2.24, 2.45) is 0 Å². The second-order valence-corrected chi connectivity index (χ2v) is 5.46. The van der Waals surface area contributed by atoms with Crippen molar-refractivity contribution in [1.82, 2.24) is 0 Å². The molecule has 0 bridgehead atoms. The van der Waals surface area contributed by atoms with Crippen LogP contribution in [0, 0.1) is 0 Å². The molecule has 0 saturated heterocycles. The van der Waals surface area contributed by atoms with Crippen LogP contribution in [0.5, 0.6) is 11.5 Å². The van der Waals surface area contributed by atoms with Crippen molar-refractivity contribution < 1.29 is 17.9 Å². The molecule has 0 atom stereocenters. The van der Waals surface area contributed by atoms with Gasteiger partial charge >= 0.3 is 0 Å². The highest BCUT2D eigenvalue weighted by Gasteiger charge is 2.28. The molecule has 0 radical (unpaired) electrons. The molecule has 1 aromatic rings. The molecule has 1 aliphatic rings. The van der Waals surface area contributed by atoms with Gasteiger partial charge in [0.1, 0.15) is 4.90 Å². The molecule has 0 fully saturated rings. The molecule has 1 heterocycles. The number of hydrogen-bond acceptors (Lipinski definition) is 4. The van der Waals surface area contributed by atoms with Gasteiger partial charge < -0.3 is 9.47 Å². The van der Waals surface area contributed by atoms with Gasteiger partial charge in [-0.05, 0) is 12.1 Å². The van der Waals surface area contributed by atoms with Crippen LogP contribution >= 0.6 is 22.3 Å². The number of fused-ring (bicyclic) bond motifs is 1. The predicted octanol–water partition coefficient (Wildman–Crippen LogP) is 2.00. The third kappa shape index (κ3) is 1.51. The van der Waals surface area contributed by atoms with E-state index in [0.29, 0.717) is 5.75 Å². The highest BCUT2D eigenvalue weighted by molar-refractivity contribution is 8.14. The second-order valence-electron chi connectivity index (χ2n) is 2.55. The van der Waals surface area contributed by atoms with Gasteiger partial charge in [-0.25, -0.2) is 8.42 Å². The van der Waals surface area contributed by atoms with E-state index in [1.807, 2.05) is 0 Å². The molecule has 0 aliphatic carbocycles. The number of halogens is 2. The van der Waals surface area contributed by atoms with Gasteiger partial charge in [-0.3, -0.25) is 0 Å². The highest BCUT2D eigenvalue weighted by Crippen LogP contribution is 2.43. The summed E-state index contributed by atoms with van der Waals surface area (Å²) >= 11 is 5.69. The summed E-state index contributed by atoms with van der Waals surface area (Å²) in [7, 11) is 1.28. The Morgan fingerprint density at radius 2 is 2.00 bits per heavy atom. The van der Waals surface area contributed by atoms with Crippen LogP contribution in [0.1, 0.15) is 0 Å². The van der Waals surface area contributed by atoms with Crippen LogP contribution in [0.25, 0.3) is 0 Å². The molecule has 0 N–H and O–H groups in total. The van der Waals surface area contributed by atoms with Crippen LogP contribution in [0.4, 0.5) is 0 Å². The first-order valence-electron chi connectivity index (χ1n) is 3.53. The van der Waals surface area contributed by atoms with E-state index in [1.54, 1.807) is 0 Å². The minimum atomic E-state index is -3.92. The predicted molar refractivity (Wildman–Crippen MR) is 50.6 cm³/mol. The zero-order chi connectivity index (χ0) is 10.3. The van der Waals surface area contributed by atoms with Gasteiger partial charge in [-0.2, -0.15) is 0 Å². The minimum absolute atomic E-state index is 0.0178. The number of hydrogen-bond donors (Lipinski definition) is 0. The van der Waals surface area contributed by atoms with Gasteiger partial charge in [0.25, 0.3) is 9.05 Å². The molecular weight excluding hydrogens is 251 g/mol. The highest BCUT2D eigenvalue weighted by atomic mass is 35.7. The first-order valence-corrected chi connectivity index (χ1v) is 6.21. The fourth-order valence-corrected chi connectivity index (χ4v) is 2.86. The van der Waals surface area contributed by atoms with E-state index in [-0.39, 0.29) is 22.5 Å². The standard InChI is InChI=1S/C7H4Cl2O4S/c8-4-1-2-5-6(13-3-12-5)7(4)14(9,10)11/h1-2H,3H2. The van der Waals surface area contributed by atoms with Gasteiger partial charge in [-0.1, -0.05) is 11.6 Å². The van der Waals surface area contributed by atoms with E-state index in [2.05, 4.69) is 0 Å². The Kier molecular flexibility index (Phi) is 2.25. The van der Waals surface area contributed by atoms with Crippen LogP contribution in [0.3, 0.4) is 0 Å². The van der Waals surface area contributed by atoms with Crippen LogP contribution in [0.2, 0.25) is 5.02 Å². The molecular formula is C7H4Cl2O4S. The normalized spacial score (nSPS) is 14.4. The summed E-state index contributed by atoms with van der Waals surface area (Å²) in [6.45, 7) is -0.0327. The Morgan fingerprint density at radius 3 is 2.64 bits per heavy atom. The molecule has 0 saturated carbocycles. The summed E-state index contributed by atoms with van der Waals surface area (Å²) in [4.78, 5) is -0.240. The zero-order valence-corrected chi connectivity index (χ0v) is 8.99. The van der Waals surface area contributed by atoms with E-state index in [1.165, 1.54) is 12.1 Å². The fourth-order valence-electron chi connectivity index (χ4n) is 1.15. The molecule has 4 nitrogen and oxygen atoms in total. The molecule has 76 valence electrons. The van der Waals surface area contributed by atoms with Crippen LogP contribution in [-0.4, -0.2) is 15.2 Å². The molecule has 1 aromatic carbocycles. The first kappa shape index (κ1) is 9.89. The molecule has 0 spiro atoms. The van der Waals surface area contributed by atoms with Gasteiger partial charge in [0, 0.05) is 10.7 Å². The summed E-state index contributed by atoms with van der Waals surface area (Å²) < 4.78 is 32.3. The summed E-state index contributed by atoms with van der Waals surface area (Å²) in [6.07, 6.45) is 0. The molecule has 0 amide bonds. The Morgan fingerprint density at radius 1 is 1.29 bits per heavy atom. The van der Waals surface area contributed by atoms with Gasteiger partial charge in [0.2, 0.25) is 6.79 Å². The quantitative estimate of drug-likeness (QED) is 0.720. The topological polar surface area (TPSA) is 52.6 Å². The average molecular weight is 255 g/mol. The largest absolute Gasteiger partial charge is 0.454 e. The molecule has 0 aromatic heterocycles.